The number of nitrogens with one attached hydrogen (secondary N) is 1. The van der Waals surface area contributed by atoms with Gasteiger partial charge in [0.15, 0.2) is 0 Å². The third-order valence-corrected chi connectivity index (χ3v) is 3.03. The Balaban J connectivity index is 1.98. The number of benzene rings is 2. The van der Waals surface area contributed by atoms with E-state index in [0.29, 0.717) is 5.92 Å². The number of rotatable bonds is 4. The van der Waals surface area contributed by atoms with Gasteiger partial charge in [0.05, 0.1) is 0 Å². The molecule has 2 rings (SSSR count). The number of hydrogen-bond donors (Lipinski definition) is 2. The summed E-state index contributed by atoms with van der Waals surface area (Å²) in [7, 11) is 0. The van der Waals surface area contributed by atoms with E-state index >= 15 is 0 Å². The Kier molecular flexibility index (Phi) is 3.88. The van der Waals surface area contributed by atoms with Crippen LogP contribution in [0.2, 0.25) is 0 Å². The van der Waals surface area contributed by atoms with Gasteiger partial charge in [-0.05, 0) is 35.2 Å². The Morgan fingerprint density at radius 1 is 1.06 bits per heavy atom. The molecule has 18 heavy (non-hydrogen) atoms. The Morgan fingerprint density at radius 3 is 2.39 bits per heavy atom. The monoisotopic (exact) mass is 240 g/mol. The van der Waals surface area contributed by atoms with Crippen LogP contribution in [-0.2, 0) is 6.54 Å². The van der Waals surface area contributed by atoms with Crippen LogP contribution in [0.4, 0.5) is 11.4 Å². The highest BCUT2D eigenvalue weighted by Gasteiger charge is 1.99. The summed E-state index contributed by atoms with van der Waals surface area (Å²) in [6, 6.07) is 16.6. The predicted molar refractivity (Wildman–Crippen MR) is 78.7 cm³/mol. The molecule has 0 heterocycles. The first-order valence-electron chi connectivity index (χ1n) is 6.33. The molecule has 94 valence electrons. The zero-order valence-corrected chi connectivity index (χ0v) is 11.0. The van der Waals surface area contributed by atoms with E-state index in [2.05, 4.69) is 43.4 Å². The van der Waals surface area contributed by atoms with Gasteiger partial charge in [-0.25, -0.2) is 0 Å². The minimum Gasteiger partial charge on any atom is -0.399 e. The lowest BCUT2D eigenvalue weighted by Crippen LogP contribution is -2.00. The Morgan fingerprint density at radius 2 is 1.78 bits per heavy atom. The molecule has 0 aliphatic heterocycles. The van der Waals surface area contributed by atoms with Crippen molar-refractivity contribution in [3.8, 4) is 0 Å². The van der Waals surface area contributed by atoms with Crippen LogP contribution in [-0.4, -0.2) is 0 Å². The van der Waals surface area contributed by atoms with E-state index in [9.17, 15) is 0 Å². The van der Waals surface area contributed by atoms with Gasteiger partial charge in [-0.2, -0.15) is 0 Å². The fourth-order valence-electron chi connectivity index (χ4n) is 1.87. The lowest BCUT2D eigenvalue weighted by molar-refractivity contribution is 0.865. The average Bonchev–Trinajstić information content (AvgIpc) is 2.37. The normalized spacial score (nSPS) is 10.6. The largest absolute Gasteiger partial charge is 0.399 e. The van der Waals surface area contributed by atoms with Crippen LogP contribution in [0.1, 0.15) is 30.9 Å². The highest BCUT2D eigenvalue weighted by Crippen LogP contribution is 2.16. The van der Waals surface area contributed by atoms with E-state index in [-0.39, 0.29) is 0 Å². The highest BCUT2D eigenvalue weighted by atomic mass is 14.9. The maximum absolute atomic E-state index is 5.74. The number of nitrogen functional groups attached to an aromatic ring is 1. The lowest BCUT2D eigenvalue weighted by Gasteiger charge is -2.09. The molecular weight excluding hydrogens is 220 g/mol. The first kappa shape index (κ1) is 12.5. The molecule has 0 atom stereocenters. The third-order valence-electron chi connectivity index (χ3n) is 3.03. The van der Waals surface area contributed by atoms with Crippen LogP contribution in [0.5, 0.6) is 0 Å². The van der Waals surface area contributed by atoms with E-state index in [1.807, 2.05) is 24.3 Å². The average molecular weight is 240 g/mol. The minimum atomic E-state index is 0.584. The van der Waals surface area contributed by atoms with Crippen molar-refractivity contribution in [3.05, 3.63) is 59.7 Å². The van der Waals surface area contributed by atoms with Crippen molar-refractivity contribution >= 4 is 11.4 Å². The quantitative estimate of drug-likeness (QED) is 0.793. The molecular formula is C16H20N2. The standard InChI is InChI=1S/C16H20N2/c1-12(2)14-8-6-13(7-9-14)11-18-16-5-3-4-15(17)10-16/h3-10,12,18H,11,17H2,1-2H3. The molecule has 0 amide bonds. The Bertz CT molecular complexity index is 501. The fourth-order valence-corrected chi connectivity index (χ4v) is 1.87. The molecule has 0 saturated carbocycles. The zero-order valence-electron chi connectivity index (χ0n) is 11.0. The summed E-state index contributed by atoms with van der Waals surface area (Å²) < 4.78 is 0. The molecule has 2 heteroatoms. The molecule has 0 aliphatic carbocycles. The molecule has 0 aromatic heterocycles. The van der Waals surface area contributed by atoms with Gasteiger partial charge in [0, 0.05) is 17.9 Å². The summed E-state index contributed by atoms with van der Waals surface area (Å²) in [6.07, 6.45) is 0. The number of hydrogen-bond acceptors (Lipinski definition) is 2. The SMILES string of the molecule is CC(C)c1ccc(CNc2cccc(N)c2)cc1. The van der Waals surface area contributed by atoms with Crippen LogP contribution < -0.4 is 11.1 Å². The van der Waals surface area contributed by atoms with Crippen LogP contribution in [0.25, 0.3) is 0 Å². The smallest absolute Gasteiger partial charge is 0.0400 e. The molecule has 0 fully saturated rings. The molecule has 0 saturated heterocycles. The zero-order chi connectivity index (χ0) is 13.0. The molecule has 0 unspecified atom stereocenters. The van der Waals surface area contributed by atoms with Gasteiger partial charge in [0.1, 0.15) is 0 Å². The van der Waals surface area contributed by atoms with Crippen LogP contribution in [0.15, 0.2) is 48.5 Å². The van der Waals surface area contributed by atoms with Crippen molar-refractivity contribution in [1.29, 1.82) is 0 Å². The summed E-state index contributed by atoms with van der Waals surface area (Å²) in [5, 5.41) is 3.37. The van der Waals surface area contributed by atoms with E-state index < -0.39 is 0 Å². The second kappa shape index (κ2) is 5.58. The van der Waals surface area contributed by atoms with E-state index in [0.717, 1.165) is 17.9 Å². The first-order valence-corrected chi connectivity index (χ1v) is 6.33. The molecule has 2 nitrogen and oxygen atoms in total. The van der Waals surface area contributed by atoms with Gasteiger partial charge in [0.25, 0.3) is 0 Å². The summed E-state index contributed by atoms with van der Waals surface area (Å²) in [5.74, 6) is 0.584. The minimum absolute atomic E-state index is 0.584. The number of anilines is 2. The summed E-state index contributed by atoms with van der Waals surface area (Å²) in [6.45, 7) is 5.24. The van der Waals surface area contributed by atoms with Crippen molar-refractivity contribution in [1.82, 2.24) is 0 Å². The van der Waals surface area contributed by atoms with E-state index in [4.69, 9.17) is 5.73 Å². The maximum Gasteiger partial charge on any atom is 0.0400 e. The van der Waals surface area contributed by atoms with Crippen molar-refractivity contribution in [2.24, 2.45) is 0 Å². The van der Waals surface area contributed by atoms with Crippen molar-refractivity contribution in [3.63, 3.8) is 0 Å². The molecule has 2 aromatic carbocycles. The lowest BCUT2D eigenvalue weighted by atomic mass is 10.0. The van der Waals surface area contributed by atoms with Gasteiger partial charge >= 0.3 is 0 Å². The van der Waals surface area contributed by atoms with Crippen LogP contribution in [0, 0.1) is 0 Å². The summed E-state index contributed by atoms with van der Waals surface area (Å²) in [4.78, 5) is 0. The fraction of sp³-hybridized carbons (Fsp3) is 0.250. The van der Waals surface area contributed by atoms with Gasteiger partial charge in [-0.1, -0.05) is 44.2 Å². The molecule has 3 N–H and O–H groups in total. The van der Waals surface area contributed by atoms with Crippen molar-refractivity contribution in [2.75, 3.05) is 11.1 Å². The second-order valence-corrected chi connectivity index (χ2v) is 4.88. The van der Waals surface area contributed by atoms with Crippen molar-refractivity contribution < 1.29 is 0 Å². The van der Waals surface area contributed by atoms with Gasteiger partial charge < -0.3 is 11.1 Å². The van der Waals surface area contributed by atoms with Gasteiger partial charge in [-0.3, -0.25) is 0 Å². The third kappa shape index (κ3) is 3.27. The molecule has 0 bridgehead atoms. The second-order valence-electron chi connectivity index (χ2n) is 4.88. The number of nitrogens with two attached hydrogens (primary N) is 1. The van der Waals surface area contributed by atoms with E-state index in [1.165, 1.54) is 11.1 Å². The molecule has 0 aliphatic rings. The molecule has 2 aromatic rings. The van der Waals surface area contributed by atoms with E-state index in [1.54, 1.807) is 0 Å². The Labute approximate surface area is 109 Å². The van der Waals surface area contributed by atoms with Crippen molar-refractivity contribution in [2.45, 2.75) is 26.3 Å². The van der Waals surface area contributed by atoms with Crippen LogP contribution in [0.3, 0.4) is 0 Å². The maximum atomic E-state index is 5.74. The Hall–Kier alpha value is -1.96. The van der Waals surface area contributed by atoms with Gasteiger partial charge in [-0.15, -0.1) is 0 Å². The highest BCUT2D eigenvalue weighted by molar-refractivity contribution is 5.54. The van der Waals surface area contributed by atoms with Crippen LogP contribution >= 0.6 is 0 Å². The topological polar surface area (TPSA) is 38.0 Å². The van der Waals surface area contributed by atoms with Gasteiger partial charge in [0.2, 0.25) is 0 Å². The predicted octanol–water partition coefficient (Wildman–Crippen LogP) is 4.00. The molecule has 0 spiro atoms. The molecule has 0 radical (unpaired) electrons. The summed E-state index contributed by atoms with van der Waals surface area (Å²) in [5.41, 5.74) is 10.2. The summed E-state index contributed by atoms with van der Waals surface area (Å²) >= 11 is 0. The first-order chi connectivity index (χ1) is 8.65.